The summed E-state index contributed by atoms with van der Waals surface area (Å²) in [6.07, 6.45) is -4.18. The summed E-state index contributed by atoms with van der Waals surface area (Å²) in [7, 11) is -15.9. The van der Waals surface area contributed by atoms with Crippen molar-refractivity contribution in [1.29, 1.82) is 0 Å². The van der Waals surface area contributed by atoms with E-state index in [9.17, 15) is 78.0 Å². The highest BCUT2D eigenvalue weighted by Crippen LogP contribution is 2.66. The molecule has 3 unspecified atom stereocenters. The third-order valence-corrected chi connectivity index (χ3v) is 15.7. The first-order valence-corrected chi connectivity index (χ1v) is 26.9. The number of ether oxygens (including phenoxy) is 3. The molecular weight excluding hydrogens is 1130 g/mol. The van der Waals surface area contributed by atoms with Gasteiger partial charge in [0.25, 0.3) is 11.2 Å². The standard InChI is InChI=1S/C44H38Cl2N3O25P3/c1-68-32-13-28-35(27-12-23(16-50)38(53)36(45)40(27)72-41(28)37(46)39(32)54)26-11-21(8-9-25(26)43(56)57)30(51)5-3-2-4-20-6-7-22(29(10-20)49(59)60)17-69-18-24-15-48(44(58)47-42(24)55)34-14-31(52)33(71-34)19-70-76(64,65)74-77(66,67)73-75(61,62)63/h6-13,15,31,33-34,50,52-53H,3,5,14,16-19H2,1H3,(H,56,57)(H,64,65)(H,66,67)(H,47,55,58)(H2,61,62,63)/p-1/t31?,33-,34-/m1/s1. The van der Waals surface area contributed by atoms with Crippen molar-refractivity contribution >= 4 is 75.1 Å². The first-order chi connectivity index (χ1) is 36.1. The Morgan fingerprint density at radius 2 is 1.66 bits per heavy atom. The number of benzene rings is 4. The molecule has 33 heteroatoms. The number of phosphoric acid groups is 3. The molecule has 3 heterocycles. The van der Waals surface area contributed by atoms with E-state index in [1.54, 1.807) is 0 Å². The van der Waals surface area contributed by atoms with E-state index < -0.39 is 130 Å². The van der Waals surface area contributed by atoms with Gasteiger partial charge in [-0.15, -0.1) is 0 Å². The number of carbonyl (C=O) groups excluding carboxylic acids is 1. The van der Waals surface area contributed by atoms with Crippen LogP contribution in [0.25, 0.3) is 33.4 Å². The smallest absolute Gasteiger partial charge is 0.490 e. The van der Waals surface area contributed by atoms with E-state index in [0.717, 1.165) is 22.9 Å². The molecular formula is C44H37Cl2N3O25P3-. The van der Waals surface area contributed by atoms with Gasteiger partial charge in [-0.3, -0.25) is 38.6 Å². The molecule has 2 aliphatic heterocycles. The Kier molecular flexibility index (Phi) is 17.6. The molecule has 0 spiro atoms. The van der Waals surface area contributed by atoms with E-state index in [0.29, 0.717) is 0 Å². The van der Waals surface area contributed by atoms with Gasteiger partial charge in [-0.2, -0.15) is 8.62 Å². The zero-order valence-corrected chi connectivity index (χ0v) is 43.0. The van der Waals surface area contributed by atoms with Gasteiger partial charge in [-0.1, -0.05) is 46.9 Å². The van der Waals surface area contributed by atoms with Crippen molar-refractivity contribution in [1.82, 2.24) is 9.55 Å². The van der Waals surface area contributed by atoms with Crippen LogP contribution in [0.1, 0.15) is 68.5 Å². The van der Waals surface area contributed by atoms with Crippen LogP contribution in [-0.2, 0) is 56.1 Å². The molecule has 8 N–H and O–H groups in total. The van der Waals surface area contributed by atoms with Gasteiger partial charge in [0.1, 0.15) is 17.4 Å². The minimum absolute atomic E-state index is 0.00459. The Morgan fingerprint density at radius 1 is 0.948 bits per heavy atom. The number of nitro benzene ring substituents is 1. The number of hydrogen-bond acceptors (Lipinski definition) is 20. The van der Waals surface area contributed by atoms with Gasteiger partial charge >= 0.3 is 35.1 Å². The maximum Gasteiger partial charge on any atom is 0.490 e. The first kappa shape index (κ1) is 58.2. The van der Waals surface area contributed by atoms with E-state index in [1.807, 2.05) is 4.98 Å². The SMILES string of the molecule is COc1cc2c(-c3cc(C(=O)CCC#Cc4ccc(COCc5cn([C@H]6CC(O)[C@@H](COP(=O)(O)OP(=O)(O)OP(=O)(O)O)O6)c(=O)[nH]c5=O)c([N+](=O)[O-])c4)ccc3C(=O)O)c3cc(CO)c([O-])c(Cl)c3oc-2c(Cl)c1=O. The van der Waals surface area contributed by atoms with E-state index in [4.69, 9.17) is 51.6 Å². The average molecular weight is 1170 g/mol. The Bertz CT molecular complexity index is 3750. The van der Waals surface area contributed by atoms with Gasteiger partial charge in [0.15, 0.2) is 22.9 Å². The highest BCUT2D eigenvalue weighted by atomic mass is 35.5. The normalized spacial score (nSPS) is 17.1. The van der Waals surface area contributed by atoms with Crippen molar-refractivity contribution in [2.45, 2.75) is 57.5 Å². The topological polar surface area (TPSA) is 434 Å². The molecule has 4 aromatic rings. The van der Waals surface area contributed by atoms with Crippen LogP contribution in [-0.4, -0.2) is 87.0 Å². The lowest BCUT2D eigenvalue weighted by Crippen LogP contribution is -2.34. The molecule has 408 valence electrons. The van der Waals surface area contributed by atoms with Gasteiger partial charge in [-0.25, -0.2) is 23.3 Å². The molecule has 1 aliphatic carbocycles. The average Bonchev–Trinajstić information content (AvgIpc) is 3.77. The second kappa shape index (κ2) is 23.3. The monoisotopic (exact) mass is 1170 g/mol. The summed E-state index contributed by atoms with van der Waals surface area (Å²) in [4.78, 5) is 115. The molecule has 0 saturated carbocycles. The molecule has 1 saturated heterocycles. The number of aliphatic hydroxyl groups excluding tert-OH is 2. The van der Waals surface area contributed by atoms with Crippen LogP contribution in [0.2, 0.25) is 10.0 Å². The maximum absolute atomic E-state index is 13.7. The number of aromatic nitrogens is 2. The van der Waals surface area contributed by atoms with Crippen LogP contribution < -0.4 is 26.5 Å². The number of carboxylic acid groups (broad SMARTS) is 1. The minimum Gasteiger partial charge on any atom is -0.871 e. The number of phosphoric ester groups is 1. The van der Waals surface area contributed by atoms with Crippen molar-refractivity contribution in [2.75, 3.05) is 13.7 Å². The lowest BCUT2D eigenvalue weighted by molar-refractivity contribution is -0.386. The quantitative estimate of drug-likeness (QED) is 0.0129. The molecule has 1 fully saturated rings. The molecule has 0 radical (unpaired) electrons. The Labute approximate surface area is 439 Å². The van der Waals surface area contributed by atoms with Gasteiger partial charge in [-0.05, 0) is 47.5 Å². The van der Waals surface area contributed by atoms with Crippen molar-refractivity contribution in [3.05, 3.63) is 139 Å². The first-order valence-electron chi connectivity index (χ1n) is 21.6. The van der Waals surface area contributed by atoms with E-state index >= 15 is 0 Å². The van der Waals surface area contributed by atoms with Gasteiger partial charge < -0.3 is 58.6 Å². The maximum atomic E-state index is 13.7. The Balaban J connectivity index is 1.03. The predicted octanol–water partition coefficient (Wildman–Crippen LogP) is 4.63. The summed E-state index contributed by atoms with van der Waals surface area (Å²) < 4.78 is 69.4. The van der Waals surface area contributed by atoms with Crippen LogP contribution in [0.4, 0.5) is 5.69 Å². The number of methoxy groups -OCH3 is 1. The summed E-state index contributed by atoms with van der Waals surface area (Å²) in [6, 6.07) is 10.0. The van der Waals surface area contributed by atoms with Crippen molar-refractivity contribution in [2.24, 2.45) is 0 Å². The molecule has 28 nitrogen and oxygen atoms in total. The summed E-state index contributed by atoms with van der Waals surface area (Å²) in [5, 5.41) is 54.9. The fraction of sp³-hybridized carbons (Fsp3) is 0.250. The number of carboxylic acids is 1. The molecule has 0 amide bonds. The number of hydrogen-bond donors (Lipinski definition) is 8. The lowest BCUT2D eigenvalue weighted by Gasteiger charge is -2.22. The van der Waals surface area contributed by atoms with Crippen LogP contribution >= 0.6 is 46.7 Å². The molecule has 3 aliphatic rings. The number of aliphatic hydroxyl groups is 2. The van der Waals surface area contributed by atoms with E-state index in [1.165, 1.54) is 43.5 Å². The predicted molar refractivity (Wildman–Crippen MR) is 261 cm³/mol. The fourth-order valence-electron chi connectivity index (χ4n) is 7.79. The number of Topliss-reactive ketones (excluding diaryl/α,β-unsaturated/α-hetero) is 1. The zero-order chi connectivity index (χ0) is 56.5. The van der Waals surface area contributed by atoms with Crippen LogP contribution in [0.15, 0.2) is 73.5 Å². The Hall–Kier alpha value is -6.44. The number of carbonyl (C=O) groups is 2. The van der Waals surface area contributed by atoms with E-state index in [-0.39, 0.29) is 85.4 Å². The van der Waals surface area contributed by atoms with Crippen molar-refractivity contribution in [3.8, 4) is 45.8 Å². The number of aromatic carboxylic acids is 1. The van der Waals surface area contributed by atoms with Gasteiger partial charge in [0, 0.05) is 59.2 Å². The van der Waals surface area contributed by atoms with Gasteiger partial charge in [0.05, 0.1) is 66.3 Å². The molecule has 5 atom stereocenters. The number of nitrogens with zero attached hydrogens (tertiary/aromatic N) is 2. The second-order valence-corrected chi connectivity index (χ2v) is 21.5. The van der Waals surface area contributed by atoms with Crippen LogP contribution in [0, 0.1) is 22.0 Å². The molecule has 3 aromatic carbocycles. The zero-order valence-electron chi connectivity index (χ0n) is 38.8. The van der Waals surface area contributed by atoms with Crippen molar-refractivity contribution < 1.29 is 100.0 Å². The number of ketones is 1. The van der Waals surface area contributed by atoms with Crippen LogP contribution in [0.5, 0.6) is 11.5 Å². The third-order valence-electron chi connectivity index (χ3n) is 11.3. The number of nitro groups is 1. The summed E-state index contributed by atoms with van der Waals surface area (Å²) in [6.45, 7) is -2.82. The number of aromatic amines is 1. The van der Waals surface area contributed by atoms with Crippen molar-refractivity contribution in [3.63, 3.8) is 0 Å². The second-order valence-electron chi connectivity index (χ2n) is 16.3. The summed E-state index contributed by atoms with van der Waals surface area (Å²) >= 11 is 12.8. The lowest BCUT2D eigenvalue weighted by atomic mass is 9.88. The number of rotatable bonds is 20. The summed E-state index contributed by atoms with van der Waals surface area (Å²) in [5.41, 5.74) is -4.16. The third kappa shape index (κ3) is 13.3. The molecule has 0 bridgehead atoms. The highest BCUT2D eigenvalue weighted by Gasteiger charge is 2.43. The number of halogens is 2. The van der Waals surface area contributed by atoms with E-state index in [2.05, 4.69) is 25.0 Å². The number of nitrogens with one attached hydrogen (secondary N) is 1. The minimum atomic E-state index is -5.85. The Morgan fingerprint density at radius 3 is 2.32 bits per heavy atom. The molecule has 1 aromatic heterocycles. The highest BCUT2D eigenvalue weighted by molar-refractivity contribution is 7.66. The molecule has 7 rings (SSSR count). The fourth-order valence-corrected chi connectivity index (χ4v) is 11.3. The van der Waals surface area contributed by atoms with Crippen LogP contribution in [0.3, 0.4) is 0 Å². The van der Waals surface area contributed by atoms with Gasteiger partial charge in [0.2, 0.25) is 5.43 Å². The molecule has 77 heavy (non-hydrogen) atoms. The number of H-pyrrole nitrogens is 1. The largest absolute Gasteiger partial charge is 0.871 e. The number of fused-ring (bicyclic) bond motifs is 2. The summed E-state index contributed by atoms with van der Waals surface area (Å²) in [5.74, 6) is 2.17.